The van der Waals surface area contributed by atoms with Crippen LogP contribution in [-0.4, -0.2) is 46.5 Å². The quantitative estimate of drug-likeness (QED) is 0.484. The predicted molar refractivity (Wildman–Crippen MR) is 126 cm³/mol. The molecule has 0 saturated heterocycles. The molecule has 9 heteroatoms. The second kappa shape index (κ2) is 10.1. The topological polar surface area (TPSA) is 106 Å². The first-order chi connectivity index (χ1) is 15.8. The molecule has 2 aromatic carbocycles. The molecule has 1 aliphatic heterocycles. The van der Waals surface area contributed by atoms with Gasteiger partial charge in [-0.25, -0.2) is 13.1 Å². The van der Waals surface area contributed by atoms with Crippen LogP contribution in [0.25, 0.3) is 0 Å². The number of ether oxygens (including phenoxy) is 2. The number of rotatable bonds is 9. The van der Waals surface area contributed by atoms with E-state index in [9.17, 15) is 13.2 Å². The van der Waals surface area contributed by atoms with Gasteiger partial charge in [-0.15, -0.1) is 0 Å². The highest BCUT2D eigenvalue weighted by molar-refractivity contribution is 7.88. The van der Waals surface area contributed by atoms with Gasteiger partial charge in [-0.1, -0.05) is 24.3 Å². The van der Waals surface area contributed by atoms with E-state index in [0.717, 1.165) is 42.6 Å². The maximum absolute atomic E-state index is 12.3. The van der Waals surface area contributed by atoms with Crippen molar-refractivity contribution < 1.29 is 22.7 Å². The number of hydrogen-bond acceptors (Lipinski definition) is 6. The van der Waals surface area contributed by atoms with Gasteiger partial charge in [0.1, 0.15) is 0 Å². The Labute approximate surface area is 195 Å². The molecule has 1 saturated carbocycles. The summed E-state index contributed by atoms with van der Waals surface area (Å²) < 4.78 is 35.6. The second-order valence-corrected chi connectivity index (χ2v) is 10.6. The van der Waals surface area contributed by atoms with Gasteiger partial charge >= 0.3 is 0 Å². The first kappa shape index (κ1) is 23.5. The molecule has 8 nitrogen and oxygen atoms in total. The SMILES string of the molecule is C[C@@H](N[C@H]1CC[C@@H](c2ccc(C(=O)NCCNS(C)(=O)=O)cc2)C1)c1cccc2c1OCO2. The van der Waals surface area contributed by atoms with Crippen molar-refractivity contribution in [2.24, 2.45) is 0 Å². The molecule has 1 aliphatic carbocycles. The molecule has 2 aliphatic rings. The summed E-state index contributed by atoms with van der Waals surface area (Å²) in [4.78, 5) is 12.3. The highest BCUT2D eigenvalue weighted by atomic mass is 32.2. The minimum atomic E-state index is -3.25. The minimum absolute atomic E-state index is 0.161. The summed E-state index contributed by atoms with van der Waals surface area (Å²) in [5.41, 5.74) is 2.93. The number of amides is 1. The third kappa shape index (κ3) is 6.04. The number of benzene rings is 2. The number of hydrogen-bond donors (Lipinski definition) is 3. The van der Waals surface area contributed by atoms with Crippen LogP contribution in [0.3, 0.4) is 0 Å². The predicted octanol–water partition coefficient (Wildman–Crippen LogP) is 2.68. The fourth-order valence-corrected chi connectivity index (χ4v) is 5.07. The largest absolute Gasteiger partial charge is 0.454 e. The molecule has 2 aromatic rings. The molecule has 4 rings (SSSR count). The van der Waals surface area contributed by atoms with Crippen LogP contribution in [0.1, 0.15) is 59.6 Å². The Morgan fingerprint density at radius 2 is 1.88 bits per heavy atom. The Kier molecular flexibility index (Phi) is 7.21. The van der Waals surface area contributed by atoms with Crippen molar-refractivity contribution in [3.63, 3.8) is 0 Å². The van der Waals surface area contributed by atoms with Crippen LogP contribution < -0.4 is 24.8 Å². The van der Waals surface area contributed by atoms with Gasteiger partial charge in [0.25, 0.3) is 5.91 Å². The van der Waals surface area contributed by atoms with Crippen LogP contribution in [0.2, 0.25) is 0 Å². The first-order valence-electron chi connectivity index (χ1n) is 11.3. The zero-order chi connectivity index (χ0) is 23.4. The molecule has 0 spiro atoms. The van der Waals surface area contributed by atoms with Crippen molar-refractivity contribution in [2.75, 3.05) is 26.1 Å². The number of carbonyl (C=O) groups excluding carboxylic acids is 1. The molecule has 0 unspecified atom stereocenters. The van der Waals surface area contributed by atoms with Crippen LogP contribution in [0, 0.1) is 0 Å². The molecular weight excluding hydrogens is 442 g/mol. The lowest BCUT2D eigenvalue weighted by atomic mass is 9.96. The second-order valence-electron chi connectivity index (χ2n) is 8.72. The molecule has 0 bridgehead atoms. The van der Waals surface area contributed by atoms with E-state index in [4.69, 9.17) is 9.47 Å². The molecule has 3 atom stereocenters. The summed E-state index contributed by atoms with van der Waals surface area (Å²) in [6.07, 6.45) is 4.32. The molecule has 0 radical (unpaired) electrons. The number of nitrogens with one attached hydrogen (secondary N) is 3. The third-order valence-electron chi connectivity index (χ3n) is 6.23. The van der Waals surface area contributed by atoms with E-state index in [0.29, 0.717) is 17.5 Å². The monoisotopic (exact) mass is 473 g/mol. The van der Waals surface area contributed by atoms with E-state index < -0.39 is 10.0 Å². The Morgan fingerprint density at radius 3 is 2.64 bits per heavy atom. The molecular formula is C24H31N3O5S. The highest BCUT2D eigenvalue weighted by Gasteiger charge is 2.29. The van der Waals surface area contributed by atoms with Gasteiger partial charge in [-0.3, -0.25) is 4.79 Å². The fourth-order valence-electron chi connectivity index (χ4n) is 4.59. The molecule has 1 heterocycles. The lowest BCUT2D eigenvalue weighted by molar-refractivity contribution is 0.0954. The number of carbonyl (C=O) groups is 1. The molecule has 3 N–H and O–H groups in total. The smallest absolute Gasteiger partial charge is 0.251 e. The maximum Gasteiger partial charge on any atom is 0.251 e. The van der Waals surface area contributed by atoms with Gasteiger partial charge in [0.05, 0.1) is 6.26 Å². The van der Waals surface area contributed by atoms with E-state index in [1.165, 1.54) is 5.56 Å². The standard InChI is InChI=1S/C24H31N3O5S/c1-16(21-4-3-5-22-23(21)32-15-31-22)27-20-11-10-19(14-20)17-6-8-18(9-7-17)24(28)25-12-13-26-33(2,29)30/h3-9,16,19-20,26-27H,10-15H2,1-2H3,(H,25,28)/t16-,19-,20+/m1/s1. The van der Waals surface area contributed by atoms with Gasteiger partial charge in [-0.2, -0.15) is 0 Å². The van der Waals surface area contributed by atoms with Gasteiger partial charge in [0, 0.05) is 36.3 Å². The van der Waals surface area contributed by atoms with E-state index in [-0.39, 0.29) is 31.8 Å². The van der Waals surface area contributed by atoms with Crippen molar-refractivity contribution in [1.82, 2.24) is 15.4 Å². The molecule has 1 amide bonds. The van der Waals surface area contributed by atoms with Crippen molar-refractivity contribution in [1.29, 1.82) is 0 Å². The highest BCUT2D eigenvalue weighted by Crippen LogP contribution is 2.40. The average molecular weight is 474 g/mol. The van der Waals surface area contributed by atoms with Crippen molar-refractivity contribution in [3.05, 3.63) is 59.2 Å². The Morgan fingerprint density at radius 1 is 1.09 bits per heavy atom. The van der Waals surface area contributed by atoms with E-state index in [2.05, 4.69) is 28.3 Å². The molecule has 178 valence electrons. The van der Waals surface area contributed by atoms with Gasteiger partial charge in [0.15, 0.2) is 11.5 Å². The van der Waals surface area contributed by atoms with Crippen molar-refractivity contribution in [2.45, 2.75) is 44.2 Å². The Balaban J connectivity index is 1.28. The Bertz CT molecular complexity index is 1090. The zero-order valence-corrected chi connectivity index (χ0v) is 19.8. The summed E-state index contributed by atoms with van der Waals surface area (Å²) in [6, 6.07) is 14.3. The van der Waals surface area contributed by atoms with E-state index in [1.54, 1.807) is 0 Å². The van der Waals surface area contributed by atoms with Crippen LogP contribution in [0.15, 0.2) is 42.5 Å². The number of sulfonamides is 1. The van der Waals surface area contributed by atoms with E-state index in [1.807, 2.05) is 36.4 Å². The lowest BCUT2D eigenvalue weighted by Gasteiger charge is -2.21. The molecule has 0 aromatic heterocycles. The molecule has 1 fully saturated rings. The summed E-state index contributed by atoms with van der Waals surface area (Å²) in [5, 5.41) is 6.47. The number of para-hydroxylation sites is 1. The lowest BCUT2D eigenvalue weighted by Crippen LogP contribution is -2.34. The average Bonchev–Trinajstić information content (AvgIpc) is 3.45. The van der Waals surface area contributed by atoms with Gasteiger partial charge in [-0.05, 0) is 55.9 Å². The normalized spacial score (nSPS) is 20.5. The van der Waals surface area contributed by atoms with Gasteiger partial charge in [0.2, 0.25) is 16.8 Å². The van der Waals surface area contributed by atoms with Gasteiger partial charge < -0.3 is 20.1 Å². The molecule has 33 heavy (non-hydrogen) atoms. The maximum atomic E-state index is 12.3. The van der Waals surface area contributed by atoms with Crippen molar-refractivity contribution in [3.8, 4) is 11.5 Å². The van der Waals surface area contributed by atoms with Crippen LogP contribution in [0.4, 0.5) is 0 Å². The van der Waals surface area contributed by atoms with Crippen LogP contribution in [0.5, 0.6) is 11.5 Å². The van der Waals surface area contributed by atoms with E-state index >= 15 is 0 Å². The van der Waals surface area contributed by atoms with Crippen molar-refractivity contribution >= 4 is 15.9 Å². The summed E-state index contributed by atoms with van der Waals surface area (Å²) in [7, 11) is -3.25. The first-order valence-corrected chi connectivity index (χ1v) is 13.2. The number of fused-ring (bicyclic) bond motifs is 1. The summed E-state index contributed by atoms with van der Waals surface area (Å²) >= 11 is 0. The third-order valence-corrected chi connectivity index (χ3v) is 6.96. The van der Waals surface area contributed by atoms with Crippen LogP contribution in [-0.2, 0) is 10.0 Å². The fraction of sp³-hybridized carbons (Fsp3) is 0.458. The summed E-state index contributed by atoms with van der Waals surface area (Å²) in [6.45, 7) is 2.84. The minimum Gasteiger partial charge on any atom is -0.454 e. The van der Waals surface area contributed by atoms with Crippen LogP contribution >= 0.6 is 0 Å². The zero-order valence-electron chi connectivity index (χ0n) is 19.0. The summed E-state index contributed by atoms with van der Waals surface area (Å²) in [5.74, 6) is 1.89. The Hall–Kier alpha value is -2.62.